The second kappa shape index (κ2) is 80.9. The molecule has 0 fully saturated rings. The van der Waals surface area contributed by atoms with E-state index in [1.54, 1.807) is 36.7 Å². The number of unbranched alkanes of at least 4 members (excludes halogenated alkanes) is 61. The predicted molar refractivity (Wildman–Crippen MR) is 504 cm³/mol. The zero-order valence-corrected chi connectivity index (χ0v) is 79.1. The molecule has 2 aromatic rings. The minimum atomic E-state index is 0.896. The molecule has 1 aliphatic rings. The Morgan fingerprint density at radius 1 is 0.268 bits per heavy atom. The molecule has 3 rings (SSSR count). The Labute approximate surface area is 712 Å². The zero-order chi connectivity index (χ0) is 80.7. The first-order chi connectivity index (χ1) is 55.3. The Hall–Kier alpha value is -2.52. The first-order valence-corrected chi connectivity index (χ1v) is 53.4. The van der Waals surface area contributed by atoms with Gasteiger partial charge in [-0.2, -0.15) is 0 Å². The molecule has 3 heteroatoms. The Bertz CT molecular complexity index is 2510. The van der Waals surface area contributed by atoms with Crippen LogP contribution in [0.3, 0.4) is 0 Å². The molecule has 650 valence electrons. The Morgan fingerprint density at radius 3 is 0.786 bits per heavy atom. The maximum atomic E-state index is 13.6. The molecule has 0 amide bonds. The van der Waals surface area contributed by atoms with Crippen molar-refractivity contribution >= 4 is 11.4 Å². The number of allylic oxidation sites excluding steroid dienone is 4. The normalized spacial score (nSPS) is 12.4. The molecule has 0 unspecified atom stereocenters. The zero-order valence-electron chi connectivity index (χ0n) is 77.5. The van der Waals surface area contributed by atoms with Crippen molar-refractivity contribution in [3.05, 3.63) is 97.6 Å². The Kier molecular flexibility index (Phi) is 76.2. The van der Waals surface area contributed by atoms with Crippen molar-refractivity contribution in [2.45, 2.75) is 573 Å². The van der Waals surface area contributed by atoms with E-state index in [1.165, 1.54) is 472 Å². The summed E-state index contributed by atoms with van der Waals surface area (Å²) in [6.45, 7) is 23.3. The molecular formula is C109H194N2Pd. The van der Waals surface area contributed by atoms with Crippen molar-refractivity contribution in [3.63, 3.8) is 0 Å². The first kappa shape index (κ1) is 106. The van der Waals surface area contributed by atoms with Gasteiger partial charge in [0.25, 0.3) is 0 Å². The molecule has 0 bridgehead atoms. The van der Waals surface area contributed by atoms with Crippen LogP contribution in [0.15, 0.2) is 47.6 Å². The van der Waals surface area contributed by atoms with E-state index in [-0.39, 0.29) is 0 Å². The van der Waals surface area contributed by atoms with E-state index in [0.29, 0.717) is 0 Å². The average molecular weight is 1640 g/mol. The summed E-state index contributed by atoms with van der Waals surface area (Å²) in [5.74, 6) is 7.71. The molecule has 0 spiro atoms. The van der Waals surface area contributed by atoms with Crippen LogP contribution in [0.5, 0.6) is 0 Å². The maximum absolute atomic E-state index is 13.6. The van der Waals surface area contributed by atoms with Gasteiger partial charge in [0.2, 0.25) is 11.4 Å². The van der Waals surface area contributed by atoms with Crippen LogP contribution >= 0.6 is 0 Å². The van der Waals surface area contributed by atoms with Crippen molar-refractivity contribution in [3.8, 4) is 11.8 Å². The van der Waals surface area contributed by atoms with Crippen LogP contribution in [0.2, 0.25) is 9.79 Å². The van der Waals surface area contributed by atoms with Gasteiger partial charge >= 0.3 is 144 Å². The fourth-order valence-corrected chi connectivity index (χ4v) is 19.2. The molecule has 0 saturated carbocycles. The van der Waals surface area contributed by atoms with Crippen LogP contribution < -0.4 is 0 Å². The molecule has 0 saturated heterocycles. The summed E-state index contributed by atoms with van der Waals surface area (Å²) in [5.41, 5.74) is 29.5. The summed E-state index contributed by atoms with van der Waals surface area (Å²) in [4.78, 5) is 3.08. The van der Waals surface area contributed by atoms with E-state index in [2.05, 4.69) is 117 Å². The van der Waals surface area contributed by atoms with Crippen LogP contribution in [0, 0.1) is 11.8 Å². The summed E-state index contributed by atoms with van der Waals surface area (Å²) in [7, 11) is 0. The fraction of sp³-hybridized carbons (Fsp3) is 0.817. The third kappa shape index (κ3) is 55.3. The van der Waals surface area contributed by atoms with Gasteiger partial charge < -0.3 is 5.53 Å². The van der Waals surface area contributed by atoms with Gasteiger partial charge in [-0.25, -0.2) is 4.70 Å². The molecular weight excluding hydrogens is 1440 g/mol. The van der Waals surface area contributed by atoms with Crippen LogP contribution in [-0.2, 0) is 56.5 Å². The molecule has 0 N–H and O–H groups in total. The summed E-state index contributed by atoms with van der Waals surface area (Å²) in [6, 6.07) is 10.3. The molecule has 1 heterocycles. The second-order valence-corrected chi connectivity index (χ2v) is 37.8. The van der Waals surface area contributed by atoms with Crippen molar-refractivity contribution in [1.29, 1.82) is 0 Å². The monoisotopic (exact) mass is 1640 g/mol. The third-order valence-electron chi connectivity index (χ3n) is 24.6. The van der Waals surface area contributed by atoms with Gasteiger partial charge in [-0.05, 0) is 154 Å². The van der Waals surface area contributed by atoms with Crippen molar-refractivity contribution in [1.82, 2.24) is 0 Å². The van der Waals surface area contributed by atoms with Gasteiger partial charge in [-0.3, -0.25) is 0 Å². The number of benzene rings is 2. The molecule has 0 aromatic heterocycles. The van der Waals surface area contributed by atoms with Gasteiger partial charge in [0.05, 0.1) is 5.57 Å². The SMILES string of the molecule is CCCCCCC#CC1=C(c2cc(CCCCCC)c(CCCCCC)c(CCCCCC)c2)[N+](=[N-])C(c2cc(CCCCCC)c(CCCCCC)c(CCCCCC)c2)=C1C=CCCCCCCCCCCCCCCCCCCCCCCCCCCC.CCCCCCCCC[CH2][Pd][CH2]CCCCCCCCC. The van der Waals surface area contributed by atoms with Crippen LogP contribution in [0.4, 0.5) is 0 Å². The van der Waals surface area contributed by atoms with E-state index in [4.69, 9.17) is 0 Å². The summed E-state index contributed by atoms with van der Waals surface area (Å²) in [6.07, 6.45) is 108. The predicted octanol–water partition coefficient (Wildman–Crippen LogP) is 38.5. The van der Waals surface area contributed by atoms with Crippen molar-refractivity contribution < 1.29 is 22.7 Å². The van der Waals surface area contributed by atoms with Gasteiger partial charge in [-0.1, -0.05) is 368 Å². The number of hydrogen-bond acceptors (Lipinski definition) is 0. The van der Waals surface area contributed by atoms with Gasteiger partial charge in [-0.15, -0.1) is 0 Å². The molecule has 0 atom stereocenters. The topological polar surface area (TPSA) is 25.3 Å². The number of aryl methyl sites for hydroxylation is 4. The van der Waals surface area contributed by atoms with Crippen LogP contribution in [-0.4, -0.2) is 4.70 Å². The molecule has 1 aliphatic heterocycles. The van der Waals surface area contributed by atoms with Crippen molar-refractivity contribution in [2.24, 2.45) is 0 Å². The number of hydrogen-bond donors (Lipinski definition) is 0. The summed E-state index contributed by atoms with van der Waals surface area (Å²) in [5, 5.41) is 0. The standard InChI is InChI=1S/C89H152N2.2C10H21.Pd/c1-9-17-25-33-35-36-37-38-39-40-41-42-43-44-45-46-47-48-49-50-51-52-53-54-55-57-65-73-87-86(72-64-56-34-26-18-10-2)88(82-74-78(66-58-27-19-11-3)84(70-62-31-23-15-7)79(75-82)67-59-28-20-12-4)91(90)89(87)83-76-80(68-60-29-21-13-5)85(71-63-32-24-16-8)81(77-83)69-61-30-22-14-6;2*1-3-5-7-9-10-8-6-4-2;/h65,73-77H,9-63,66-71H2,1-8H3;2*1,3-10H2,2H3;. The Balaban J connectivity index is 0.00000175. The van der Waals surface area contributed by atoms with Gasteiger partial charge in [0.1, 0.15) is 5.57 Å². The minimum absolute atomic E-state index is 0.896. The van der Waals surface area contributed by atoms with Gasteiger partial charge in [0.15, 0.2) is 0 Å². The van der Waals surface area contributed by atoms with Crippen LogP contribution in [0.25, 0.3) is 16.9 Å². The fourth-order valence-electron chi connectivity index (χ4n) is 17.3. The summed E-state index contributed by atoms with van der Waals surface area (Å²) < 4.78 is 1.69. The molecule has 2 aromatic carbocycles. The quantitative estimate of drug-likeness (QED) is 0.0273. The van der Waals surface area contributed by atoms with E-state index < -0.39 is 0 Å². The van der Waals surface area contributed by atoms with Gasteiger partial charge in [0, 0.05) is 17.5 Å². The van der Waals surface area contributed by atoms with E-state index in [0.717, 1.165) is 85.5 Å². The summed E-state index contributed by atoms with van der Waals surface area (Å²) >= 11 is 1.07. The molecule has 112 heavy (non-hydrogen) atoms. The van der Waals surface area contributed by atoms with Crippen molar-refractivity contribution in [2.75, 3.05) is 0 Å². The Morgan fingerprint density at radius 2 is 0.500 bits per heavy atom. The molecule has 0 radical (unpaired) electrons. The van der Waals surface area contributed by atoms with Crippen LogP contribution in [0.1, 0.15) is 570 Å². The first-order valence-electron chi connectivity index (χ1n) is 51.2. The van der Waals surface area contributed by atoms with E-state index in [1.807, 2.05) is 0 Å². The van der Waals surface area contributed by atoms with E-state index >= 15 is 0 Å². The second-order valence-electron chi connectivity index (χ2n) is 35.4. The van der Waals surface area contributed by atoms with E-state index in [9.17, 15) is 5.53 Å². The molecule has 0 aliphatic carbocycles. The third-order valence-corrected chi connectivity index (χ3v) is 26.8. The number of nitrogens with zero attached hydrogens (tertiary/aromatic N) is 2. The average Bonchev–Trinajstić information content (AvgIpc) is 1.57. The molecule has 2 nitrogen and oxygen atoms in total. The number of rotatable bonds is 81.